The number of nitrogens with zero attached hydrogens (tertiary/aromatic N) is 1. The van der Waals surface area contributed by atoms with Gasteiger partial charge >= 0.3 is 0 Å². The molecule has 0 unspecified atom stereocenters. The largest absolute Gasteiger partial charge is 0.456 e. The van der Waals surface area contributed by atoms with Gasteiger partial charge in [0.2, 0.25) is 0 Å². The summed E-state index contributed by atoms with van der Waals surface area (Å²) in [7, 11) is 0. The lowest BCUT2D eigenvalue weighted by atomic mass is 10.0. The van der Waals surface area contributed by atoms with Gasteiger partial charge in [-0.3, -0.25) is 0 Å². The molecule has 4 nitrogen and oxygen atoms in total. The standard InChI is InChI=1S/C30H20BrNO.C24H17NO.C6H4BrI.CH4/c31-27-11-5-6-12-28(27)32(23-8-2-1-3-9-23)24-17-14-21(15-18-24)22-16-19-30-26(20-22)25-10-4-7-13-29(25)33-30;1-2-6-19(7-3-1)25-20-13-10-17(11-14-20)18-12-15-24-22(16-18)21-8-4-5-9-23(21)26-24;7-5-3-1-2-4-6(5)8;/h1-20H;1-16,25H;1-4H;1H4. The number of hydrogen-bond acceptors (Lipinski definition) is 4. The van der Waals surface area contributed by atoms with Crippen LogP contribution in [0.15, 0.2) is 260 Å². The monoisotopic (exact) mass is 1120 g/mol. The molecular weight excluding hydrogens is 1080 g/mol. The van der Waals surface area contributed by atoms with Crippen LogP contribution in [-0.4, -0.2) is 0 Å². The molecule has 10 aromatic carbocycles. The third-order valence-corrected chi connectivity index (χ3v) is 14.5. The van der Waals surface area contributed by atoms with E-state index in [0.717, 1.165) is 76.8 Å². The van der Waals surface area contributed by atoms with E-state index < -0.39 is 0 Å². The van der Waals surface area contributed by atoms with E-state index in [2.05, 4.69) is 228 Å². The molecule has 12 aromatic rings. The third kappa shape index (κ3) is 10.3. The Balaban J connectivity index is 0.000000147. The molecule has 7 heteroatoms. The fourth-order valence-electron chi connectivity index (χ4n) is 8.13. The van der Waals surface area contributed by atoms with Crippen molar-refractivity contribution in [3.8, 4) is 22.3 Å². The highest BCUT2D eigenvalue weighted by atomic mass is 127. The second-order valence-corrected chi connectivity index (χ2v) is 18.6. The molecule has 0 bridgehead atoms. The second-order valence-electron chi connectivity index (χ2n) is 15.8. The first-order chi connectivity index (χ1) is 32.9. The summed E-state index contributed by atoms with van der Waals surface area (Å²) in [5.41, 5.74) is 13.9. The Morgan fingerprint density at radius 1 is 0.353 bits per heavy atom. The summed E-state index contributed by atoms with van der Waals surface area (Å²) >= 11 is 9.40. The summed E-state index contributed by atoms with van der Waals surface area (Å²) in [4.78, 5) is 2.26. The number of rotatable bonds is 7. The van der Waals surface area contributed by atoms with Gasteiger partial charge in [-0.15, -0.1) is 0 Å². The number of nitrogens with one attached hydrogen (secondary N) is 1. The van der Waals surface area contributed by atoms with E-state index in [4.69, 9.17) is 8.83 Å². The van der Waals surface area contributed by atoms with Gasteiger partial charge in [0.15, 0.2) is 0 Å². The smallest absolute Gasteiger partial charge is 0.135 e. The molecule has 2 heterocycles. The molecule has 2 aromatic heterocycles. The van der Waals surface area contributed by atoms with Crippen LogP contribution in [0.4, 0.5) is 28.4 Å². The Bertz CT molecular complexity index is 3570. The van der Waals surface area contributed by atoms with Crippen LogP contribution >= 0.6 is 54.5 Å². The average Bonchev–Trinajstić information content (AvgIpc) is 3.95. The predicted molar refractivity (Wildman–Crippen MR) is 304 cm³/mol. The second kappa shape index (κ2) is 21.4. The Morgan fingerprint density at radius 3 is 1.29 bits per heavy atom. The first-order valence-corrected chi connectivity index (χ1v) is 24.5. The number of anilines is 5. The average molecular weight is 1120 g/mol. The van der Waals surface area contributed by atoms with Crippen LogP contribution < -0.4 is 10.2 Å². The van der Waals surface area contributed by atoms with Crippen molar-refractivity contribution in [3.05, 3.63) is 255 Å². The van der Waals surface area contributed by atoms with Crippen molar-refractivity contribution < 1.29 is 8.83 Å². The van der Waals surface area contributed by atoms with Crippen molar-refractivity contribution >= 4 is 127 Å². The van der Waals surface area contributed by atoms with Crippen molar-refractivity contribution in [3.63, 3.8) is 0 Å². The summed E-state index contributed by atoms with van der Waals surface area (Å²) in [5, 5.41) is 8.03. The van der Waals surface area contributed by atoms with E-state index in [9.17, 15) is 0 Å². The van der Waals surface area contributed by atoms with Gasteiger partial charge in [-0.25, -0.2) is 0 Å². The summed E-state index contributed by atoms with van der Waals surface area (Å²) in [6.45, 7) is 0. The maximum absolute atomic E-state index is 5.99. The molecule has 0 aliphatic rings. The molecule has 0 spiro atoms. The van der Waals surface area contributed by atoms with Gasteiger partial charge in [0, 0.05) is 56.8 Å². The van der Waals surface area contributed by atoms with Crippen molar-refractivity contribution in [2.75, 3.05) is 10.2 Å². The zero-order valence-corrected chi connectivity index (χ0v) is 41.3. The van der Waals surface area contributed by atoms with E-state index in [0.29, 0.717) is 0 Å². The lowest BCUT2D eigenvalue weighted by Crippen LogP contribution is -2.10. The number of fused-ring (bicyclic) bond motifs is 6. The Morgan fingerprint density at radius 2 is 0.765 bits per heavy atom. The highest BCUT2D eigenvalue weighted by Crippen LogP contribution is 2.40. The maximum atomic E-state index is 5.99. The fraction of sp³-hybridized carbons (Fsp3) is 0.0164. The number of halogens is 3. The molecule has 1 N–H and O–H groups in total. The molecule has 0 saturated heterocycles. The van der Waals surface area contributed by atoms with Crippen molar-refractivity contribution in [2.24, 2.45) is 0 Å². The highest BCUT2D eigenvalue weighted by molar-refractivity contribution is 14.1. The van der Waals surface area contributed by atoms with Gasteiger partial charge in [0.25, 0.3) is 0 Å². The lowest BCUT2D eigenvalue weighted by Gasteiger charge is -2.26. The zero-order valence-electron chi connectivity index (χ0n) is 36.0. The minimum atomic E-state index is 0. The van der Waals surface area contributed by atoms with Gasteiger partial charge < -0.3 is 19.1 Å². The third-order valence-electron chi connectivity index (χ3n) is 11.4. The molecule has 12 rings (SSSR count). The molecule has 0 radical (unpaired) electrons. The molecule has 0 aliphatic carbocycles. The fourth-order valence-corrected chi connectivity index (χ4v) is 9.26. The Hall–Kier alpha value is -6.91. The maximum Gasteiger partial charge on any atom is 0.135 e. The molecular formula is C61H45Br2IN2O2. The summed E-state index contributed by atoms with van der Waals surface area (Å²) in [6.07, 6.45) is 0. The van der Waals surface area contributed by atoms with Gasteiger partial charge in [0.1, 0.15) is 22.3 Å². The molecule has 0 fully saturated rings. The SMILES string of the molecule is Brc1ccccc1I.Brc1ccccc1N(c1ccccc1)c1ccc(-c2ccc3oc4ccccc4c3c2)cc1.C.c1ccc(Nc2ccc(-c3ccc4oc5ccccc5c4c3)cc2)cc1. The van der Waals surface area contributed by atoms with Crippen molar-refractivity contribution in [1.29, 1.82) is 0 Å². The first-order valence-electron chi connectivity index (χ1n) is 21.8. The summed E-state index contributed by atoms with van der Waals surface area (Å²) < 4.78 is 15.4. The van der Waals surface area contributed by atoms with Crippen molar-refractivity contribution in [1.82, 2.24) is 0 Å². The normalized spacial score (nSPS) is 10.8. The van der Waals surface area contributed by atoms with E-state index in [1.54, 1.807) is 0 Å². The minimum Gasteiger partial charge on any atom is -0.456 e. The number of para-hydroxylation sites is 5. The van der Waals surface area contributed by atoms with Gasteiger partial charge in [-0.1, -0.05) is 141 Å². The molecule has 0 aliphatic heterocycles. The summed E-state index contributed by atoms with van der Waals surface area (Å²) in [5.74, 6) is 0. The van der Waals surface area contributed by atoms with E-state index in [1.807, 2.05) is 78.9 Å². The molecule has 68 heavy (non-hydrogen) atoms. The highest BCUT2D eigenvalue weighted by Gasteiger charge is 2.16. The van der Waals surface area contributed by atoms with Crippen LogP contribution in [0.2, 0.25) is 0 Å². The first kappa shape index (κ1) is 46.2. The predicted octanol–water partition coefficient (Wildman–Crippen LogP) is 20.2. The van der Waals surface area contributed by atoms with Crippen molar-refractivity contribution in [2.45, 2.75) is 7.43 Å². The van der Waals surface area contributed by atoms with Crippen LogP contribution in [0.25, 0.3) is 66.1 Å². The van der Waals surface area contributed by atoms with Gasteiger partial charge in [0.05, 0.1) is 5.69 Å². The topological polar surface area (TPSA) is 41.6 Å². The van der Waals surface area contributed by atoms with Crippen LogP contribution in [0, 0.1) is 3.57 Å². The molecule has 0 atom stereocenters. The van der Waals surface area contributed by atoms with E-state index in [-0.39, 0.29) is 7.43 Å². The quantitative estimate of drug-likeness (QED) is 0.162. The van der Waals surface area contributed by atoms with Crippen LogP contribution in [0.5, 0.6) is 0 Å². The number of furan rings is 2. The Kier molecular flexibility index (Phi) is 14.5. The number of hydrogen-bond donors (Lipinski definition) is 1. The minimum absolute atomic E-state index is 0. The summed E-state index contributed by atoms with van der Waals surface area (Å²) in [6, 6.07) is 83.5. The van der Waals surface area contributed by atoms with Gasteiger partial charge in [-0.05, 0) is 186 Å². The van der Waals surface area contributed by atoms with Crippen LogP contribution in [0.3, 0.4) is 0 Å². The van der Waals surface area contributed by atoms with E-state index >= 15 is 0 Å². The zero-order chi connectivity index (χ0) is 45.5. The van der Waals surface area contributed by atoms with E-state index in [1.165, 1.54) is 30.3 Å². The molecule has 332 valence electrons. The molecule has 0 amide bonds. The lowest BCUT2D eigenvalue weighted by molar-refractivity contribution is 0.668. The number of benzene rings is 10. The Labute approximate surface area is 427 Å². The van der Waals surface area contributed by atoms with Gasteiger partial charge in [-0.2, -0.15) is 0 Å². The van der Waals surface area contributed by atoms with Crippen LogP contribution in [0.1, 0.15) is 7.43 Å². The van der Waals surface area contributed by atoms with Crippen LogP contribution in [-0.2, 0) is 0 Å². The molecule has 0 saturated carbocycles.